The highest BCUT2D eigenvalue weighted by atomic mass is 79.9. The molecule has 0 unspecified atom stereocenters. The molecule has 1 heterocycles. The lowest BCUT2D eigenvalue weighted by Crippen LogP contribution is -1.84. The van der Waals surface area contributed by atoms with Gasteiger partial charge in [0.15, 0.2) is 0 Å². The van der Waals surface area contributed by atoms with E-state index in [1.807, 2.05) is 26.0 Å². The molecule has 0 amide bonds. The van der Waals surface area contributed by atoms with Crippen LogP contribution in [0, 0.1) is 13.8 Å². The Hall–Kier alpha value is -2.27. The highest BCUT2D eigenvalue weighted by molar-refractivity contribution is 9.10. The van der Waals surface area contributed by atoms with Crippen molar-refractivity contribution in [2.75, 3.05) is 5.73 Å². The molecule has 0 fully saturated rings. The number of hydrogen-bond donors (Lipinski definition) is 3. The van der Waals surface area contributed by atoms with Gasteiger partial charge >= 0.3 is 0 Å². The van der Waals surface area contributed by atoms with Crippen molar-refractivity contribution in [2.45, 2.75) is 13.8 Å². The van der Waals surface area contributed by atoms with E-state index in [1.165, 1.54) is 0 Å². The molecule has 3 aromatic rings. The number of anilines is 1. The lowest BCUT2D eigenvalue weighted by Gasteiger charge is -2.01. The molecule has 0 aliphatic rings. The molecular formula is C17H17BrN2O2. The van der Waals surface area contributed by atoms with E-state index in [0.29, 0.717) is 17.2 Å². The second kappa shape index (κ2) is 6.66. The third-order valence-electron chi connectivity index (χ3n) is 3.19. The van der Waals surface area contributed by atoms with Crippen molar-refractivity contribution in [1.82, 2.24) is 4.98 Å². The number of aryl methyl sites for hydroxylation is 2. The fourth-order valence-electron chi connectivity index (χ4n) is 1.92. The van der Waals surface area contributed by atoms with E-state index in [4.69, 9.17) is 10.8 Å². The number of nitrogens with two attached hydrogens (primary N) is 1. The van der Waals surface area contributed by atoms with Crippen LogP contribution in [0.25, 0.3) is 10.9 Å². The summed E-state index contributed by atoms with van der Waals surface area (Å²) >= 11 is 3.33. The first kappa shape index (κ1) is 16.1. The van der Waals surface area contributed by atoms with Gasteiger partial charge in [-0.3, -0.25) is 4.98 Å². The summed E-state index contributed by atoms with van der Waals surface area (Å²) in [5.41, 5.74) is 8.67. The van der Waals surface area contributed by atoms with Crippen LogP contribution in [-0.4, -0.2) is 15.2 Å². The molecule has 0 aliphatic carbocycles. The Balaban J connectivity index is 0.000000172. The largest absolute Gasteiger partial charge is 0.508 e. The molecule has 0 atom stereocenters. The standard InChI is InChI=1S/C10H8BrNO.C7H9NO/c1-6-2-9-7(4-10(6)13)3-8(11)5-12-9;1-5-4-6(8)2-3-7(5)9/h2-5,13H,1H3;2-4,9H,8H2,1H3. The highest BCUT2D eigenvalue weighted by Crippen LogP contribution is 2.24. The van der Waals surface area contributed by atoms with Crippen LogP contribution in [0.15, 0.2) is 47.1 Å². The van der Waals surface area contributed by atoms with Gasteiger partial charge in [0.25, 0.3) is 0 Å². The third kappa shape index (κ3) is 3.89. The number of aromatic nitrogens is 1. The molecule has 4 N–H and O–H groups in total. The fourth-order valence-corrected chi connectivity index (χ4v) is 2.27. The number of pyridine rings is 1. The zero-order valence-corrected chi connectivity index (χ0v) is 13.9. The predicted octanol–water partition coefficient (Wildman–Crippen LogP) is 4.29. The maximum absolute atomic E-state index is 9.47. The Kier molecular flexibility index (Phi) is 4.88. The number of phenols is 2. The van der Waals surface area contributed by atoms with Gasteiger partial charge in [-0.2, -0.15) is 0 Å². The van der Waals surface area contributed by atoms with E-state index in [0.717, 1.165) is 26.5 Å². The lowest BCUT2D eigenvalue weighted by atomic mass is 10.1. The molecule has 4 nitrogen and oxygen atoms in total. The molecule has 1 aromatic heterocycles. The van der Waals surface area contributed by atoms with Crippen LogP contribution < -0.4 is 5.73 Å². The summed E-state index contributed by atoms with van der Waals surface area (Å²) in [6.45, 7) is 3.67. The Morgan fingerprint density at radius 2 is 1.64 bits per heavy atom. The van der Waals surface area contributed by atoms with Crippen molar-refractivity contribution < 1.29 is 10.2 Å². The van der Waals surface area contributed by atoms with Gasteiger partial charge in [0, 0.05) is 21.7 Å². The quantitative estimate of drug-likeness (QED) is 0.412. The first-order valence-electron chi connectivity index (χ1n) is 6.67. The molecule has 22 heavy (non-hydrogen) atoms. The molecule has 0 spiro atoms. The van der Waals surface area contributed by atoms with Gasteiger partial charge in [-0.1, -0.05) is 0 Å². The molecule has 3 rings (SSSR count). The average Bonchev–Trinajstić information content (AvgIpc) is 2.46. The molecule has 5 heteroatoms. The SMILES string of the molecule is Cc1cc(N)ccc1O.Cc1cc2ncc(Br)cc2cc1O. The molecule has 0 bridgehead atoms. The molecule has 0 saturated carbocycles. The Morgan fingerprint density at radius 3 is 2.27 bits per heavy atom. The van der Waals surface area contributed by atoms with Crippen molar-refractivity contribution in [2.24, 2.45) is 0 Å². The minimum atomic E-state index is 0.296. The number of nitrogens with zero attached hydrogens (tertiary/aromatic N) is 1. The van der Waals surface area contributed by atoms with Crippen LogP contribution in [0.1, 0.15) is 11.1 Å². The van der Waals surface area contributed by atoms with E-state index in [2.05, 4.69) is 20.9 Å². The maximum Gasteiger partial charge on any atom is 0.119 e. The van der Waals surface area contributed by atoms with Crippen LogP contribution in [0.5, 0.6) is 11.5 Å². The molecule has 0 radical (unpaired) electrons. The Labute approximate surface area is 137 Å². The van der Waals surface area contributed by atoms with Gasteiger partial charge in [0.2, 0.25) is 0 Å². The predicted molar refractivity (Wildman–Crippen MR) is 93.1 cm³/mol. The summed E-state index contributed by atoms with van der Waals surface area (Å²) in [5.74, 6) is 0.608. The number of fused-ring (bicyclic) bond motifs is 1. The van der Waals surface area contributed by atoms with Crippen LogP contribution in [0.3, 0.4) is 0 Å². The van der Waals surface area contributed by atoms with Crippen molar-refractivity contribution in [3.8, 4) is 11.5 Å². The second-order valence-corrected chi connectivity index (χ2v) is 5.95. The Bertz CT molecular complexity index is 819. The van der Waals surface area contributed by atoms with Crippen LogP contribution >= 0.6 is 15.9 Å². The van der Waals surface area contributed by atoms with Crippen molar-refractivity contribution >= 4 is 32.5 Å². The summed E-state index contributed by atoms with van der Waals surface area (Å²) in [7, 11) is 0. The topological polar surface area (TPSA) is 79.4 Å². The number of rotatable bonds is 0. The van der Waals surface area contributed by atoms with Gasteiger partial charge in [-0.25, -0.2) is 0 Å². The van der Waals surface area contributed by atoms with Gasteiger partial charge in [0.1, 0.15) is 11.5 Å². The molecule has 0 aliphatic heterocycles. The van der Waals surface area contributed by atoms with E-state index >= 15 is 0 Å². The maximum atomic E-state index is 9.47. The summed E-state index contributed by atoms with van der Waals surface area (Å²) in [5, 5.41) is 19.4. The van der Waals surface area contributed by atoms with Gasteiger partial charge < -0.3 is 15.9 Å². The van der Waals surface area contributed by atoms with Crippen molar-refractivity contribution in [3.63, 3.8) is 0 Å². The smallest absolute Gasteiger partial charge is 0.119 e. The summed E-state index contributed by atoms with van der Waals surface area (Å²) < 4.78 is 0.920. The first-order valence-corrected chi connectivity index (χ1v) is 7.46. The van der Waals surface area contributed by atoms with E-state index in [-0.39, 0.29) is 0 Å². The van der Waals surface area contributed by atoms with E-state index in [1.54, 1.807) is 30.5 Å². The molecule has 114 valence electrons. The molecular weight excluding hydrogens is 344 g/mol. The number of benzene rings is 2. The van der Waals surface area contributed by atoms with Crippen molar-refractivity contribution in [1.29, 1.82) is 0 Å². The summed E-state index contributed by atoms with van der Waals surface area (Å²) in [6, 6.07) is 10.5. The first-order chi connectivity index (χ1) is 10.4. The van der Waals surface area contributed by atoms with Crippen LogP contribution in [-0.2, 0) is 0 Å². The van der Waals surface area contributed by atoms with Gasteiger partial charge in [-0.15, -0.1) is 0 Å². The molecule has 2 aromatic carbocycles. The van der Waals surface area contributed by atoms with E-state index < -0.39 is 0 Å². The minimum Gasteiger partial charge on any atom is -0.508 e. The Morgan fingerprint density at radius 1 is 0.955 bits per heavy atom. The second-order valence-electron chi connectivity index (χ2n) is 5.03. The lowest BCUT2D eigenvalue weighted by molar-refractivity contribution is 0.471. The average molecular weight is 361 g/mol. The van der Waals surface area contributed by atoms with Gasteiger partial charge in [-0.05, 0) is 77.3 Å². The third-order valence-corrected chi connectivity index (χ3v) is 3.62. The van der Waals surface area contributed by atoms with Crippen LogP contribution in [0.2, 0.25) is 0 Å². The normalized spacial score (nSPS) is 10.1. The van der Waals surface area contributed by atoms with Crippen LogP contribution in [0.4, 0.5) is 5.69 Å². The number of phenolic OH excluding ortho intramolecular Hbond substituents is 2. The number of nitrogen functional groups attached to an aromatic ring is 1. The zero-order chi connectivity index (χ0) is 16.3. The summed E-state index contributed by atoms with van der Waals surface area (Å²) in [4.78, 5) is 4.22. The fraction of sp³-hybridized carbons (Fsp3) is 0.118. The number of hydrogen-bond acceptors (Lipinski definition) is 4. The van der Waals surface area contributed by atoms with Gasteiger partial charge in [0.05, 0.1) is 5.52 Å². The number of halogens is 1. The summed E-state index contributed by atoms with van der Waals surface area (Å²) in [6.07, 6.45) is 1.75. The highest BCUT2D eigenvalue weighted by Gasteiger charge is 2.00. The molecule has 0 saturated heterocycles. The number of aromatic hydroxyl groups is 2. The minimum absolute atomic E-state index is 0.296. The van der Waals surface area contributed by atoms with E-state index in [9.17, 15) is 5.11 Å². The van der Waals surface area contributed by atoms with Crippen molar-refractivity contribution in [3.05, 3.63) is 58.2 Å². The zero-order valence-electron chi connectivity index (χ0n) is 12.3. The monoisotopic (exact) mass is 360 g/mol.